The minimum atomic E-state index is -0.302. The maximum absolute atomic E-state index is 12.7. The minimum Gasteiger partial charge on any atom is -0.490 e. The number of rotatable bonds is 8. The van der Waals surface area contributed by atoms with Crippen LogP contribution in [-0.4, -0.2) is 18.7 Å². The van der Waals surface area contributed by atoms with E-state index in [4.69, 9.17) is 32.7 Å². The first-order valence-electron chi connectivity index (χ1n) is 10.7. The van der Waals surface area contributed by atoms with Crippen molar-refractivity contribution in [3.05, 3.63) is 106 Å². The summed E-state index contributed by atoms with van der Waals surface area (Å²) in [5.41, 5.74) is 4.61. The molecule has 5 nitrogen and oxygen atoms in total. The number of hydrazone groups is 1. The van der Waals surface area contributed by atoms with Crippen molar-refractivity contribution in [1.82, 2.24) is 5.43 Å². The molecule has 0 radical (unpaired) electrons. The van der Waals surface area contributed by atoms with Crippen LogP contribution in [0.25, 0.3) is 10.8 Å². The van der Waals surface area contributed by atoms with Gasteiger partial charge >= 0.3 is 0 Å². The zero-order valence-corrected chi connectivity index (χ0v) is 19.9. The summed E-state index contributed by atoms with van der Waals surface area (Å²) in [7, 11) is 0. The number of nitrogens with one attached hydrogen (secondary N) is 1. The molecular formula is C27H22Cl2N2O3. The Labute approximate surface area is 207 Å². The third-order valence-corrected chi connectivity index (χ3v) is 5.73. The van der Waals surface area contributed by atoms with Crippen molar-refractivity contribution in [3.8, 4) is 11.5 Å². The number of benzene rings is 4. The third-order valence-electron chi connectivity index (χ3n) is 5.08. The standard InChI is InChI=1S/C27H22Cl2N2O3/c1-2-33-25-15-18(14-24(29)26(25)34-17-20-9-4-6-13-23(20)28)16-30-31-27(32)22-12-7-10-19-8-3-5-11-21(19)22/h3-16H,2,17H2,1H3,(H,31,32)/b30-16-. The van der Waals surface area contributed by atoms with E-state index in [2.05, 4.69) is 10.5 Å². The van der Waals surface area contributed by atoms with Crippen LogP contribution in [0, 0.1) is 0 Å². The number of halogens is 2. The van der Waals surface area contributed by atoms with E-state index in [1.165, 1.54) is 6.21 Å². The van der Waals surface area contributed by atoms with Gasteiger partial charge in [0.05, 0.1) is 17.8 Å². The first-order chi connectivity index (χ1) is 16.6. The highest BCUT2D eigenvalue weighted by atomic mass is 35.5. The number of hydrogen-bond donors (Lipinski definition) is 1. The highest BCUT2D eigenvalue weighted by Gasteiger charge is 2.14. The average molecular weight is 493 g/mol. The van der Waals surface area contributed by atoms with Gasteiger partial charge in [-0.3, -0.25) is 4.79 Å². The fourth-order valence-corrected chi connectivity index (χ4v) is 3.94. The van der Waals surface area contributed by atoms with Crippen LogP contribution in [0.4, 0.5) is 0 Å². The van der Waals surface area contributed by atoms with E-state index in [1.807, 2.05) is 61.5 Å². The van der Waals surface area contributed by atoms with Crippen LogP contribution >= 0.6 is 23.2 Å². The maximum Gasteiger partial charge on any atom is 0.271 e. The molecule has 0 unspecified atom stereocenters. The van der Waals surface area contributed by atoms with Crippen LogP contribution in [0.5, 0.6) is 11.5 Å². The van der Waals surface area contributed by atoms with E-state index in [-0.39, 0.29) is 12.5 Å². The van der Waals surface area contributed by atoms with Crippen LogP contribution in [-0.2, 0) is 6.61 Å². The van der Waals surface area contributed by atoms with Gasteiger partial charge in [-0.2, -0.15) is 5.10 Å². The Morgan fingerprint density at radius 2 is 1.71 bits per heavy atom. The number of amides is 1. The highest BCUT2D eigenvalue weighted by Crippen LogP contribution is 2.37. The van der Waals surface area contributed by atoms with Crippen molar-refractivity contribution in [1.29, 1.82) is 0 Å². The lowest BCUT2D eigenvalue weighted by Gasteiger charge is -2.15. The molecule has 0 aliphatic carbocycles. The molecule has 4 aromatic carbocycles. The van der Waals surface area contributed by atoms with Crippen LogP contribution in [0.1, 0.15) is 28.4 Å². The molecule has 7 heteroatoms. The molecule has 0 saturated heterocycles. The number of hydrogen-bond acceptors (Lipinski definition) is 4. The van der Waals surface area contributed by atoms with Gasteiger partial charge < -0.3 is 9.47 Å². The lowest BCUT2D eigenvalue weighted by molar-refractivity contribution is 0.0957. The van der Waals surface area contributed by atoms with Crippen molar-refractivity contribution < 1.29 is 14.3 Å². The summed E-state index contributed by atoms with van der Waals surface area (Å²) in [4.78, 5) is 12.7. The Kier molecular flexibility index (Phi) is 7.68. The molecule has 0 saturated carbocycles. The summed E-state index contributed by atoms with van der Waals surface area (Å²) in [6.07, 6.45) is 1.51. The first kappa shape index (κ1) is 23.6. The first-order valence-corrected chi connectivity index (χ1v) is 11.5. The number of carbonyl (C=O) groups is 1. The zero-order chi connectivity index (χ0) is 23.9. The third kappa shape index (κ3) is 5.50. The molecule has 34 heavy (non-hydrogen) atoms. The largest absolute Gasteiger partial charge is 0.490 e. The van der Waals surface area contributed by atoms with Crippen molar-refractivity contribution in [2.45, 2.75) is 13.5 Å². The Hall–Kier alpha value is -3.54. The molecule has 0 bridgehead atoms. The van der Waals surface area contributed by atoms with E-state index in [1.54, 1.807) is 24.3 Å². The molecule has 0 aromatic heterocycles. The lowest BCUT2D eigenvalue weighted by atomic mass is 10.0. The molecule has 172 valence electrons. The van der Waals surface area contributed by atoms with Gasteiger partial charge in [-0.15, -0.1) is 0 Å². The summed E-state index contributed by atoms with van der Waals surface area (Å²) in [5, 5.41) is 6.93. The molecular weight excluding hydrogens is 471 g/mol. The van der Waals surface area contributed by atoms with Crippen LogP contribution in [0.2, 0.25) is 10.0 Å². The van der Waals surface area contributed by atoms with Crippen molar-refractivity contribution in [2.75, 3.05) is 6.61 Å². The lowest BCUT2D eigenvalue weighted by Crippen LogP contribution is -2.17. The van der Waals surface area contributed by atoms with Gasteiger partial charge in [0.15, 0.2) is 11.5 Å². The van der Waals surface area contributed by atoms with Gasteiger partial charge in [0, 0.05) is 16.1 Å². The smallest absolute Gasteiger partial charge is 0.271 e. The van der Waals surface area contributed by atoms with E-state index in [0.29, 0.717) is 39.3 Å². The fourth-order valence-electron chi connectivity index (χ4n) is 3.48. The SMILES string of the molecule is CCOc1cc(/C=N\NC(=O)c2cccc3ccccc23)cc(Cl)c1OCc1ccccc1Cl. The van der Waals surface area contributed by atoms with Crippen molar-refractivity contribution in [3.63, 3.8) is 0 Å². The molecule has 0 aliphatic rings. The summed E-state index contributed by atoms with van der Waals surface area (Å²) < 4.78 is 11.7. The fraction of sp³-hybridized carbons (Fsp3) is 0.111. The number of ether oxygens (including phenoxy) is 2. The van der Waals surface area contributed by atoms with Crippen LogP contribution in [0.15, 0.2) is 84.0 Å². The van der Waals surface area contributed by atoms with E-state index < -0.39 is 0 Å². The van der Waals surface area contributed by atoms with Gasteiger partial charge in [-0.05, 0) is 47.5 Å². The van der Waals surface area contributed by atoms with Gasteiger partial charge in [-0.1, -0.05) is 77.8 Å². The minimum absolute atomic E-state index is 0.244. The Balaban J connectivity index is 1.50. The molecule has 1 amide bonds. The number of nitrogens with zero attached hydrogens (tertiary/aromatic N) is 1. The summed E-state index contributed by atoms with van der Waals surface area (Å²) >= 11 is 12.7. The van der Waals surface area contributed by atoms with Gasteiger partial charge in [0.1, 0.15) is 6.61 Å². The van der Waals surface area contributed by atoms with E-state index >= 15 is 0 Å². The zero-order valence-electron chi connectivity index (χ0n) is 18.4. The molecule has 0 heterocycles. The normalized spacial score (nSPS) is 11.0. The second-order valence-electron chi connectivity index (χ2n) is 7.37. The second-order valence-corrected chi connectivity index (χ2v) is 8.18. The number of carbonyl (C=O) groups excluding carboxylic acids is 1. The van der Waals surface area contributed by atoms with E-state index in [0.717, 1.165) is 16.3 Å². The quantitative estimate of drug-likeness (QED) is 0.215. The summed E-state index contributed by atoms with van der Waals surface area (Å²) in [6, 6.07) is 24.2. The maximum atomic E-state index is 12.7. The van der Waals surface area contributed by atoms with Crippen LogP contribution in [0.3, 0.4) is 0 Å². The van der Waals surface area contributed by atoms with Crippen molar-refractivity contribution >= 4 is 46.1 Å². The summed E-state index contributed by atoms with van der Waals surface area (Å²) in [6.45, 7) is 2.54. The molecule has 1 N–H and O–H groups in total. The topological polar surface area (TPSA) is 59.9 Å². The van der Waals surface area contributed by atoms with Crippen LogP contribution < -0.4 is 14.9 Å². The summed E-state index contributed by atoms with van der Waals surface area (Å²) in [5.74, 6) is 0.591. The second kappa shape index (κ2) is 11.1. The predicted molar refractivity (Wildman–Crippen MR) is 137 cm³/mol. The molecule has 0 fully saturated rings. The Morgan fingerprint density at radius 3 is 2.53 bits per heavy atom. The highest BCUT2D eigenvalue weighted by molar-refractivity contribution is 6.32. The number of fused-ring (bicyclic) bond motifs is 1. The van der Waals surface area contributed by atoms with Gasteiger partial charge in [0.2, 0.25) is 0 Å². The van der Waals surface area contributed by atoms with Gasteiger partial charge in [0.25, 0.3) is 5.91 Å². The molecule has 4 aromatic rings. The molecule has 0 spiro atoms. The van der Waals surface area contributed by atoms with Crippen molar-refractivity contribution in [2.24, 2.45) is 5.10 Å². The molecule has 0 aliphatic heterocycles. The monoisotopic (exact) mass is 492 g/mol. The molecule has 0 atom stereocenters. The van der Waals surface area contributed by atoms with Gasteiger partial charge in [-0.25, -0.2) is 5.43 Å². The Bertz CT molecular complexity index is 1350. The average Bonchev–Trinajstić information content (AvgIpc) is 2.84. The predicted octanol–water partition coefficient (Wildman–Crippen LogP) is 6.89. The Morgan fingerprint density at radius 1 is 0.941 bits per heavy atom. The molecule has 4 rings (SSSR count). The van der Waals surface area contributed by atoms with E-state index in [9.17, 15) is 4.79 Å².